The molecule has 2 aromatic rings. The van der Waals surface area contributed by atoms with Crippen LogP contribution in [0.1, 0.15) is 34.3 Å². The number of aromatic hydroxyl groups is 1. The highest BCUT2D eigenvalue weighted by molar-refractivity contribution is 6.13. The Bertz CT molecular complexity index is 865. The second kappa shape index (κ2) is 7.57. The van der Waals surface area contributed by atoms with E-state index in [9.17, 15) is 9.90 Å². The molecule has 1 saturated heterocycles. The monoisotopic (exact) mass is 363 g/mol. The molecule has 140 valence electrons. The topological polar surface area (TPSA) is 49.8 Å². The van der Waals surface area contributed by atoms with E-state index in [0.29, 0.717) is 23.7 Å². The van der Waals surface area contributed by atoms with Gasteiger partial charge in [-0.2, -0.15) is 0 Å². The van der Waals surface area contributed by atoms with Gasteiger partial charge in [0.1, 0.15) is 0 Å². The number of ketones is 1. The van der Waals surface area contributed by atoms with Crippen LogP contribution >= 0.6 is 0 Å². The van der Waals surface area contributed by atoms with Crippen LogP contribution in [0, 0.1) is 5.92 Å². The fourth-order valence-corrected chi connectivity index (χ4v) is 4.13. The Morgan fingerprint density at radius 1 is 1.19 bits per heavy atom. The van der Waals surface area contributed by atoms with E-state index < -0.39 is 0 Å². The molecule has 1 heterocycles. The summed E-state index contributed by atoms with van der Waals surface area (Å²) in [6, 6.07) is 13.9. The van der Waals surface area contributed by atoms with Gasteiger partial charge in [-0.15, -0.1) is 0 Å². The number of nitrogens with zero attached hydrogens (tertiary/aromatic N) is 1. The van der Waals surface area contributed by atoms with Gasteiger partial charge in [0.15, 0.2) is 17.3 Å². The molecule has 0 radical (unpaired) electrons. The maximum Gasteiger partial charge on any atom is 0.189 e. The molecule has 0 amide bonds. The number of phenolic OH excluding ortho intramolecular Hbond substituents is 1. The number of likely N-dealkylation sites (tertiary alicyclic amines) is 1. The number of hydrogen-bond acceptors (Lipinski definition) is 4. The Morgan fingerprint density at radius 2 is 1.93 bits per heavy atom. The predicted octanol–water partition coefficient (Wildman–Crippen LogP) is 3.98. The fraction of sp³-hybridized carbons (Fsp3) is 0.348. The van der Waals surface area contributed by atoms with E-state index in [1.165, 1.54) is 12.7 Å². The van der Waals surface area contributed by atoms with Crippen molar-refractivity contribution in [1.82, 2.24) is 4.90 Å². The van der Waals surface area contributed by atoms with Crippen LogP contribution in [0.15, 0.2) is 54.1 Å². The highest BCUT2D eigenvalue weighted by Crippen LogP contribution is 2.36. The minimum Gasteiger partial charge on any atom is -0.504 e. The number of rotatable bonds is 4. The first-order valence-electron chi connectivity index (χ1n) is 9.55. The number of benzene rings is 2. The minimum absolute atomic E-state index is 0.0278. The quantitative estimate of drug-likeness (QED) is 0.835. The number of piperidine rings is 1. The van der Waals surface area contributed by atoms with Gasteiger partial charge in [-0.3, -0.25) is 9.69 Å². The first-order valence-corrected chi connectivity index (χ1v) is 9.55. The van der Waals surface area contributed by atoms with Crippen molar-refractivity contribution in [1.29, 1.82) is 0 Å². The van der Waals surface area contributed by atoms with Crippen LogP contribution in [0.2, 0.25) is 0 Å². The molecule has 4 nitrogen and oxygen atoms in total. The summed E-state index contributed by atoms with van der Waals surface area (Å²) in [6.07, 6.45) is 4.96. The molecule has 27 heavy (non-hydrogen) atoms. The Balaban J connectivity index is 1.40. The summed E-state index contributed by atoms with van der Waals surface area (Å²) in [7, 11) is 1.53. The van der Waals surface area contributed by atoms with Crippen molar-refractivity contribution in [3.63, 3.8) is 0 Å². The Kier molecular flexibility index (Phi) is 4.99. The molecule has 0 unspecified atom stereocenters. The maximum atomic E-state index is 12.7. The maximum absolute atomic E-state index is 12.7. The molecule has 1 aliphatic heterocycles. The molecule has 0 aromatic heterocycles. The van der Waals surface area contributed by atoms with Crippen molar-refractivity contribution in [3.8, 4) is 11.5 Å². The second-order valence-electron chi connectivity index (χ2n) is 7.48. The number of Topliss-reactive ketones (excluding diaryl/α,β-unsaturated/α-hetero) is 1. The van der Waals surface area contributed by atoms with Crippen LogP contribution in [0.4, 0.5) is 0 Å². The minimum atomic E-state index is 0.0278. The lowest BCUT2D eigenvalue weighted by atomic mass is 9.93. The van der Waals surface area contributed by atoms with Crippen molar-refractivity contribution >= 4 is 5.78 Å². The van der Waals surface area contributed by atoms with Crippen LogP contribution in [0.5, 0.6) is 11.5 Å². The van der Waals surface area contributed by atoms with Crippen molar-refractivity contribution in [3.05, 3.63) is 70.8 Å². The summed E-state index contributed by atoms with van der Waals surface area (Å²) in [5, 5.41) is 9.95. The molecular formula is C23H25NO3. The van der Waals surface area contributed by atoms with E-state index in [1.54, 1.807) is 12.1 Å². The van der Waals surface area contributed by atoms with Crippen LogP contribution < -0.4 is 4.74 Å². The SMILES string of the molecule is COc1cc2c(cc1O)C(=O)/C(=C/C1CCN(Cc3ccccc3)CC1)C2. The molecule has 2 aromatic carbocycles. The molecule has 1 fully saturated rings. The van der Waals surface area contributed by atoms with E-state index in [0.717, 1.165) is 43.6 Å². The van der Waals surface area contributed by atoms with E-state index in [1.807, 2.05) is 6.07 Å². The van der Waals surface area contributed by atoms with Gasteiger partial charge in [0.05, 0.1) is 7.11 Å². The summed E-state index contributed by atoms with van der Waals surface area (Å²) in [5.74, 6) is 0.951. The number of phenols is 1. The third kappa shape index (κ3) is 3.76. The summed E-state index contributed by atoms with van der Waals surface area (Å²) < 4.78 is 5.17. The lowest BCUT2D eigenvalue weighted by Gasteiger charge is -2.30. The smallest absolute Gasteiger partial charge is 0.189 e. The van der Waals surface area contributed by atoms with Crippen molar-refractivity contribution < 1.29 is 14.6 Å². The molecule has 1 N–H and O–H groups in total. The number of methoxy groups -OCH3 is 1. The molecule has 0 saturated carbocycles. The largest absolute Gasteiger partial charge is 0.504 e. The average Bonchev–Trinajstić information content (AvgIpc) is 2.98. The molecule has 0 spiro atoms. The lowest BCUT2D eigenvalue weighted by Crippen LogP contribution is -2.32. The van der Waals surface area contributed by atoms with E-state index in [4.69, 9.17) is 4.74 Å². The third-order valence-corrected chi connectivity index (χ3v) is 5.64. The molecule has 0 atom stereocenters. The molecule has 1 aliphatic carbocycles. The predicted molar refractivity (Wildman–Crippen MR) is 105 cm³/mol. The van der Waals surface area contributed by atoms with Crippen LogP contribution in [0.3, 0.4) is 0 Å². The number of fused-ring (bicyclic) bond motifs is 1. The molecular weight excluding hydrogens is 338 g/mol. The van der Waals surface area contributed by atoms with Gasteiger partial charge in [0.2, 0.25) is 0 Å². The van der Waals surface area contributed by atoms with Gasteiger partial charge in [-0.1, -0.05) is 36.4 Å². The van der Waals surface area contributed by atoms with Gasteiger partial charge in [0.25, 0.3) is 0 Å². The molecule has 4 heteroatoms. The van der Waals surface area contributed by atoms with Gasteiger partial charge >= 0.3 is 0 Å². The second-order valence-corrected chi connectivity index (χ2v) is 7.48. The van der Waals surface area contributed by atoms with E-state index in [2.05, 4.69) is 35.2 Å². The lowest BCUT2D eigenvalue weighted by molar-refractivity contribution is 0.103. The van der Waals surface area contributed by atoms with Crippen molar-refractivity contribution in [2.75, 3.05) is 20.2 Å². The van der Waals surface area contributed by atoms with Crippen LogP contribution in [0.25, 0.3) is 0 Å². The van der Waals surface area contributed by atoms with Crippen LogP contribution in [-0.2, 0) is 13.0 Å². The van der Waals surface area contributed by atoms with Crippen molar-refractivity contribution in [2.24, 2.45) is 5.92 Å². The normalized spacial score (nSPS) is 19.4. The van der Waals surface area contributed by atoms with Crippen LogP contribution in [-0.4, -0.2) is 36.0 Å². The summed E-state index contributed by atoms with van der Waals surface area (Å²) >= 11 is 0. The van der Waals surface area contributed by atoms with Gasteiger partial charge in [-0.05, 0) is 55.1 Å². The van der Waals surface area contributed by atoms with E-state index in [-0.39, 0.29) is 11.5 Å². The molecule has 2 aliphatic rings. The standard InChI is InChI=1S/C23H25NO3/c1-27-22-13-18-12-19(23(26)20(18)14-21(22)25)11-16-7-9-24(10-8-16)15-17-5-3-2-4-6-17/h2-6,11,13-14,16,25H,7-10,12,15H2,1H3/b19-11+. The third-order valence-electron chi connectivity index (χ3n) is 5.64. The molecule has 4 rings (SSSR count). The van der Waals surface area contributed by atoms with Gasteiger partial charge in [0, 0.05) is 24.1 Å². The number of ether oxygens (including phenoxy) is 1. The zero-order valence-electron chi connectivity index (χ0n) is 15.6. The number of hydrogen-bond donors (Lipinski definition) is 1. The first-order chi connectivity index (χ1) is 13.1. The summed E-state index contributed by atoms with van der Waals surface area (Å²) in [5.41, 5.74) is 3.77. The van der Waals surface area contributed by atoms with Crippen molar-refractivity contribution in [2.45, 2.75) is 25.8 Å². The Morgan fingerprint density at radius 3 is 2.63 bits per heavy atom. The Hall–Kier alpha value is -2.59. The first kappa shape index (κ1) is 17.8. The average molecular weight is 363 g/mol. The zero-order chi connectivity index (χ0) is 18.8. The summed E-state index contributed by atoms with van der Waals surface area (Å²) in [6.45, 7) is 3.10. The fourth-order valence-electron chi connectivity index (χ4n) is 4.13. The zero-order valence-corrected chi connectivity index (χ0v) is 15.6. The number of carbonyl (C=O) groups is 1. The highest BCUT2D eigenvalue weighted by atomic mass is 16.5. The van der Waals surface area contributed by atoms with Gasteiger partial charge in [-0.25, -0.2) is 0 Å². The van der Waals surface area contributed by atoms with E-state index >= 15 is 0 Å². The highest BCUT2D eigenvalue weighted by Gasteiger charge is 2.28. The Labute approximate surface area is 160 Å². The number of carbonyl (C=O) groups excluding carboxylic acids is 1. The molecule has 0 bridgehead atoms. The number of allylic oxidation sites excluding steroid dienone is 2. The summed E-state index contributed by atoms with van der Waals surface area (Å²) in [4.78, 5) is 15.2. The van der Waals surface area contributed by atoms with Gasteiger partial charge < -0.3 is 9.84 Å².